The van der Waals surface area contributed by atoms with Gasteiger partial charge >= 0.3 is 0 Å². The monoisotopic (exact) mass is 121 g/mol. The Balaban J connectivity index is 2.73. The predicted molar refractivity (Wildman–Crippen MR) is 33.4 cm³/mol. The van der Waals surface area contributed by atoms with E-state index in [4.69, 9.17) is 10.00 Å². The first-order chi connectivity index (χ1) is 4.34. The van der Waals surface area contributed by atoms with Gasteiger partial charge in [-0.3, -0.25) is 0 Å². The Morgan fingerprint density at radius 3 is 3.00 bits per heavy atom. The molecule has 9 heavy (non-hydrogen) atoms. The highest BCUT2D eigenvalue weighted by molar-refractivity contribution is 5.29. The second-order valence-corrected chi connectivity index (χ2v) is 1.84. The quantitative estimate of drug-likeness (QED) is 0.453. The molecule has 0 aromatic heterocycles. The minimum atomic E-state index is 0.650. The summed E-state index contributed by atoms with van der Waals surface area (Å²) in [6, 6.07) is 1.89. The molecule has 1 rings (SSSR count). The standard InChI is InChI=1S/C7H7NO/c1-6-3-5-9-7(6)2-4-8/h2H,1,3,5H2/b7-2-. The van der Waals surface area contributed by atoms with Crippen molar-refractivity contribution in [3.05, 3.63) is 24.0 Å². The molecule has 2 nitrogen and oxygen atoms in total. The molecule has 0 N–H and O–H groups in total. The van der Waals surface area contributed by atoms with Crippen LogP contribution in [0.1, 0.15) is 6.42 Å². The van der Waals surface area contributed by atoms with Gasteiger partial charge in [-0.15, -0.1) is 0 Å². The second kappa shape index (κ2) is 2.36. The van der Waals surface area contributed by atoms with Crippen LogP contribution < -0.4 is 0 Å². The van der Waals surface area contributed by atoms with E-state index in [2.05, 4.69) is 6.58 Å². The van der Waals surface area contributed by atoms with Crippen molar-refractivity contribution in [2.24, 2.45) is 0 Å². The summed E-state index contributed by atoms with van der Waals surface area (Å²) < 4.78 is 5.04. The number of rotatable bonds is 0. The Kier molecular flexibility index (Phi) is 1.55. The van der Waals surface area contributed by atoms with Crippen LogP contribution in [-0.2, 0) is 4.74 Å². The number of ether oxygens (including phenoxy) is 1. The van der Waals surface area contributed by atoms with Gasteiger partial charge < -0.3 is 4.74 Å². The lowest BCUT2D eigenvalue weighted by Gasteiger charge is -1.92. The maximum atomic E-state index is 8.20. The minimum absolute atomic E-state index is 0.650. The van der Waals surface area contributed by atoms with Crippen LogP contribution in [0.3, 0.4) is 0 Å². The van der Waals surface area contributed by atoms with E-state index >= 15 is 0 Å². The molecule has 0 aromatic carbocycles. The van der Waals surface area contributed by atoms with Crippen molar-refractivity contribution in [1.29, 1.82) is 5.26 Å². The zero-order valence-electron chi connectivity index (χ0n) is 5.05. The lowest BCUT2D eigenvalue weighted by molar-refractivity contribution is 0.266. The van der Waals surface area contributed by atoms with Crippen LogP contribution >= 0.6 is 0 Å². The average molecular weight is 121 g/mol. The van der Waals surface area contributed by atoms with Crippen LogP contribution in [0, 0.1) is 11.3 Å². The van der Waals surface area contributed by atoms with Gasteiger partial charge in [-0.05, 0) is 5.57 Å². The fourth-order valence-corrected chi connectivity index (χ4v) is 0.712. The van der Waals surface area contributed by atoms with Crippen LogP contribution in [-0.4, -0.2) is 6.61 Å². The van der Waals surface area contributed by atoms with E-state index in [0.29, 0.717) is 12.4 Å². The van der Waals surface area contributed by atoms with E-state index in [1.807, 2.05) is 6.07 Å². The van der Waals surface area contributed by atoms with Gasteiger partial charge in [-0.25, -0.2) is 0 Å². The molecule has 0 radical (unpaired) electrons. The number of hydrogen-bond acceptors (Lipinski definition) is 2. The van der Waals surface area contributed by atoms with E-state index in [-0.39, 0.29) is 0 Å². The Morgan fingerprint density at radius 2 is 2.56 bits per heavy atom. The molecule has 2 heteroatoms. The molecule has 0 atom stereocenters. The fourth-order valence-electron chi connectivity index (χ4n) is 0.712. The summed E-state index contributed by atoms with van der Waals surface area (Å²) in [7, 11) is 0. The number of nitrogens with zero attached hydrogens (tertiary/aromatic N) is 1. The topological polar surface area (TPSA) is 33.0 Å². The van der Waals surface area contributed by atoms with E-state index < -0.39 is 0 Å². The average Bonchev–Trinajstić information content (AvgIpc) is 2.18. The van der Waals surface area contributed by atoms with Crippen molar-refractivity contribution >= 4 is 0 Å². The Labute approximate surface area is 54.0 Å². The molecule has 0 aliphatic carbocycles. The van der Waals surface area contributed by atoms with Crippen molar-refractivity contribution < 1.29 is 4.74 Å². The van der Waals surface area contributed by atoms with Gasteiger partial charge in [0.05, 0.1) is 18.8 Å². The number of allylic oxidation sites excluding steroid dienone is 2. The highest BCUT2D eigenvalue weighted by Gasteiger charge is 2.10. The number of nitriles is 1. The van der Waals surface area contributed by atoms with E-state index in [9.17, 15) is 0 Å². The molecule has 0 amide bonds. The summed E-state index contributed by atoms with van der Waals surface area (Å²) in [5.41, 5.74) is 0.927. The largest absolute Gasteiger partial charge is 0.492 e. The van der Waals surface area contributed by atoms with E-state index in [0.717, 1.165) is 12.0 Å². The van der Waals surface area contributed by atoms with Crippen LogP contribution in [0.5, 0.6) is 0 Å². The van der Waals surface area contributed by atoms with Crippen LogP contribution in [0.15, 0.2) is 24.0 Å². The third-order valence-corrected chi connectivity index (χ3v) is 1.21. The zero-order chi connectivity index (χ0) is 6.69. The first kappa shape index (κ1) is 5.90. The summed E-state index contributed by atoms with van der Waals surface area (Å²) in [5.74, 6) is 0.650. The normalized spacial score (nSPS) is 21.7. The van der Waals surface area contributed by atoms with Crippen LogP contribution in [0.2, 0.25) is 0 Å². The molecular formula is C7H7NO. The molecule has 1 aliphatic rings. The Hall–Kier alpha value is -1.23. The van der Waals surface area contributed by atoms with Crippen molar-refractivity contribution in [3.63, 3.8) is 0 Å². The minimum Gasteiger partial charge on any atom is -0.492 e. The molecule has 1 aliphatic heterocycles. The van der Waals surface area contributed by atoms with Crippen molar-refractivity contribution in [3.8, 4) is 6.07 Å². The molecule has 1 saturated heterocycles. The molecule has 0 saturated carbocycles. The molecule has 1 fully saturated rings. The smallest absolute Gasteiger partial charge is 0.132 e. The first-order valence-corrected chi connectivity index (χ1v) is 2.75. The van der Waals surface area contributed by atoms with Crippen molar-refractivity contribution in [2.75, 3.05) is 6.61 Å². The molecule has 0 bridgehead atoms. The lowest BCUT2D eigenvalue weighted by atomic mass is 10.2. The van der Waals surface area contributed by atoms with Gasteiger partial charge in [0.1, 0.15) is 5.76 Å². The van der Waals surface area contributed by atoms with Crippen molar-refractivity contribution in [1.82, 2.24) is 0 Å². The maximum absolute atomic E-state index is 8.20. The third-order valence-electron chi connectivity index (χ3n) is 1.21. The molecular weight excluding hydrogens is 114 g/mol. The first-order valence-electron chi connectivity index (χ1n) is 2.75. The molecule has 0 unspecified atom stereocenters. The summed E-state index contributed by atoms with van der Waals surface area (Å²) in [4.78, 5) is 0. The van der Waals surface area contributed by atoms with E-state index in [1.54, 1.807) is 0 Å². The summed E-state index contributed by atoms with van der Waals surface area (Å²) in [6.07, 6.45) is 2.24. The summed E-state index contributed by atoms with van der Waals surface area (Å²) >= 11 is 0. The fraction of sp³-hybridized carbons (Fsp3) is 0.286. The van der Waals surface area contributed by atoms with Gasteiger partial charge in [0, 0.05) is 6.42 Å². The van der Waals surface area contributed by atoms with Gasteiger partial charge in [0.15, 0.2) is 0 Å². The molecule has 46 valence electrons. The summed E-state index contributed by atoms with van der Waals surface area (Å²) in [5, 5.41) is 8.20. The predicted octanol–water partition coefficient (Wildman–Crippen LogP) is 1.37. The van der Waals surface area contributed by atoms with Crippen LogP contribution in [0.25, 0.3) is 0 Å². The highest BCUT2D eigenvalue weighted by Crippen LogP contribution is 2.20. The van der Waals surface area contributed by atoms with E-state index in [1.165, 1.54) is 6.08 Å². The molecule has 1 heterocycles. The Bertz CT molecular complexity index is 197. The van der Waals surface area contributed by atoms with Crippen molar-refractivity contribution in [2.45, 2.75) is 6.42 Å². The molecule has 0 aromatic rings. The maximum Gasteiger partial charge on any atom is 0.132 e. The van der Waals surface area contributed by atoms with Gasteiger partial charge in [0.2, 0.25) is 0 Å². The van der Waals surface area contributed by atoms with Gasteiger partial charge in [-0.2, -0.15) is 5.26 Å². The second-order valence-electron chi connectivity index (χ2n) is 1.84. The lowest BCUT2D eigenvalue weighted by Crippen LogP contribution is -1.77. The van der Waals surface area contributed by atoms with Gasteiger partial charge in [-0.1, -0.05) is 6.58 Å². The highest BCUT2D eigenvalue weighted by atomic mass is 16.5. The third kappa shape index (κ3) is 1.11. The number of hydrogen-bond donors (Lipinski definition) is 0. The van der Waals surface area contributed by atoms with Crippen LogP contribution in [0.4, 0.5) is 0 Å². The van der Waals surface area contributed by atoms with Gasteiger partial charge in [0.25, 0.3) is 0 Å². The SMILES string of the molecule is C=C1CCO/C1=C\C#N. The summed E-state index contributed by atoms with van der Waals surface area (Å²) in [6.45, 7) is 4.38. The zero-order valence-corrected chi connectivity index (χ0v) is 5.05. The molecule has 0 spiro atoms. The Morgan fingerprint density at radius 1 is 1.78 bits per heavy atom.